The number of hydrogen-bond donors (Lipinski definition) is 2. The molecule has 0 fully saturated rings. The Bertz CT molecular complexity index is 1030. The van der Waals surface area contributed by atoms with Crippen LogP contribution in [0.3, 0.4) is 0 Å². The van der Waals surface area contributed by atoms with E-state index in [-0.39, 0.29) is 23.9 Å². The summed E-state index contributed by atoms with van der Waals surface area (Å²) in [6.45, 7) is 8.65. The van der Waals surface area contributed by atoms with E-state index in [1.807, 2.05) is 36.4 Å². The zero-order valence-electron chi connectivity index (χ0n) is 20.1. The van der Waals surface area contributed by atoms with Gasteiger partial charge < -0.3 is 15.5 Å². The van der Waals surface area contributed by atoms with Gasteiger partial charge in [-0.1, -0.05) is 93.6 Å². The fourth-order valence-electron chi connectivity index (χ4n) is 4.52. The standard InChI is InChI=1S/C27H33F3N2OSi/c1-20(31)23-16-11-17-24(27(28,29)30)25(23)32-18-19-33-34(26(2,3)4,21-12-7-5-8-13-21)22-14-9-6-10-15-22/h5-17,20,32H,18-19,31H2,1-4H3/t20-/m1/s1. The molecular weight excluding hydrogens is 453 g/mol. The van der Waals surface area contributed by atoms with Gasteiger partial charge in [0.2, 0.25) is 0 Å². The van der Waals surface area contributed by atoms with Gasteiger partial charge in [0.05, 0.1) is 17.9 Å². The summed E-state index contributed by atoms with van der Waals surface area (Å²) >= 11 is 0. The number of halogens is 3. The number of nitrogens with two attached hydrogens (primary N) is 1. The molecule has 34 heavy (non-hydrogen) atoms. The third-order valence-electron chi connectivity index (χ3n) is 6.03. The molecule has 0 aliphatic carbocycles. The zero-order chi connectivity index (χ0) is 25.0. The van der Waals surface area contributed by atoms with Crippen LogP contribution in [0.15, 0.2) is 78.9 Å². The van der Waals surface area contributed by atoms with E-state index in [0.29, 0.717) is 5.56 Å². The van der Waals surface area contributed by atoms with Gasteiger partial charge in [-0.05, 0) is 34.0 Å². The number of benzene rings is 3. The lowest BCUT2D eigenvalue weighted by atomic mass is 10.0. The number of anilines is 1. The average molecular weight is 487 g/mol. The van der Waals surface area contributed by atoms with Crippen LogP contribution in [0.1, 0.15) is 44.9 Å². The lowest BCUT2D eigenvalue weighted by Crippen LogP contribution is -2.66. The summed E-state index contributed by atoms with van der Waals surface area (Å²) in [6, 6.07) is 23.9. The van der Waals surface area contributed by atoms with Crippen LogP contribution in [0, 0.1) is 0 Å². The molecule has 0 aliphatic heterocycles. The summed E-state index contributed by atoms with van der Waals surface area (Å²) in [4.78, 5) is 0. The maximum atomic E-state index is 13.7. The number of nitrogens with one attached hydrogen (secondary N) is 1. The van der Waals surface area contributed by atoms with Gasteiger partial charge in [-0.25, -0.2) is 0 Å². The molecule has 0 aromatic heterocycles. The highest BCUT2D eigenvalue weighted by Gasteiger charge is 2.50. The monoisotopic (exact) mass is 486 g/mol. The number of rotatable bonds is 8. The highest BCUT2D eigenvalue weighted by atomic mass is 28.4. The second-order valence-corrected chi connectivity index (χ2v) is 13.8. The smallest absolute Gasteiger partial charge is 0.406 e. The predicted octanol–water partition coefficient (Wildman–Crippen LogP) is 5.71. The van der Waals surface area contributed by atoms with Crippen molar-refractivity contribution < 1.29 is 17.6 Å². The molecule has 0 bridgehead atoms. The Morgan fingerprint density at radius 3 is 1.82 bits per heavy atom. The predicted molar refractivity (Wildman–Crippen MR) is 136 cm³/mol. The van der Waals surface area contributed by atoms with Crippen LogP contribution in [0.5, 0.6) is 0 Å². The lowest BCUT2D eigenvalue weighted by Gasteiger charge is -2.43. The van der Waals surface area contributed by atoms with E-state index in [1.165, 1.54) is 6.07 Å². The van der Waals surface area contributed by atoms with Gasteiger partial charge in [-0.2, -0.15) is 13.2 Å². The maximum Gasteiger partial charge on any atom is 0.418 e. The first-order valence-corrected chi connectivity index (χ1v) is 13.3. The third-order valence-corrected chi connectivity index (χ3v) is 11.1. The van der Waals surface area contributed by atoms with Gasteiger partial charge in [-0.15, -0.1) is 0 Å². The number of hydrogen-bond acceptors (Lipinski definition) is 3. The molecule has 7 heteroatoms. The lowest BCUT2D eigenvalue weighted by molar-refractivity contribution is -0.137. The number of para-hydroxylation sites is 1. The van der Waals surface area contributed by atoms with E-state index < -0.39 is 26.1 Å². The van der Waals surface area contributed by atoms with Gasteiger partial charge in [0.15, 0.2) is 0 Å². The Morgan fingerprint density at radius 2 is 1.38 bits per heavy atom. The van der Waals surface area contributed by atoms with Crippen LogP contribution >= 0.6 is 0 Å². The molecule has 0 saturated carbocycles. The summed E-state index contributed by atoms with van der Waals surface area (Å²) in [5.74, 6) is 0. The van der Waals surface area contributed by atoms with Crippen molar-refractivity contribution in [3.63, 3.8) is 0 Å². The molecular formula is C27H33F3N2OSi. The first-order chi connectivity index (χ1) is 16.0. The van der Waals surface area contributed by atoms with Crippen molar-refractivity contribution in [2.45, 2.75) is 45.0 Å². The molecule has 1 atom stereocenters. The van der Waals surface area contributed by atoms with Crippen LogP contribution in [-0.4, -0.2) is 21.5 Å². The van der Waals surface area contributed by atoms with E-state index in [0.717, 1.165) is 16.4 Å². The van der Waals surface area contributed by atoms with Crippen molar-refractivity contribution in [3.8, 4) is 0 Å². The minimum absolute atomic E-state index is 0.0241. The molecule has 3 nitrogen and oxygen atoms in total. The normalized spacial score (nSPS) is 13.5. The molecule has 3 N–H and O–H groups in total. The topological polar surface area (TPSA) is 47.3 Å². The van der Waals surface area contributed by atoms with Gasteiger partial charge in [0.1, 0.15) is 0 Å². The van der Waals surface area contributed by atoms with E-state index in [2.05, 4.69) is 50.4 Å². The van der Waals surface area contributed by atoms with Gasteiger partial charge in [0, 0.05) is 12.6 Å². The Morgan fingerprint density at radius 1 is 0.853 bits per heavy atom. The summed E-state index contributed by atoms with van der Waals surface area (Å²) in [5.41, 5.74) is 5.72. The van der Waals surface area contributed by atoms with Gasteiger partial charge in [0.25, 0.3) is 8.32 Å². The average Bonchev–Trinajstić information content (AvgIpc) is 2.78. The Balaban J connectivity index is 1.94. The van der Waals surface area contributed by atoms with Crippen LogP contribution in [0.2, 0.25) is 5.04 Å². The van der Waals surface area contributed by atoms with Crippen molar-refractivity contribution in [1.82, 2.24) is 0 Å². The van der Waals surface area contributed by atoms with Crippen LogP contribution < -0.4 is 21.4 Å². The highest BCUT2D eigenvalue weighted by Crippen LogP contribution is 2.39. The van der Waals surface area contributed by atoms with E-state index in [9.17, 15) is 13.2 Å². The summed E-state index contributed by atoms with van der Waals surface area (Å²) < 4.78 is 47.8. The Kier molecular flexibility index (Phi) is 7.90. The molecule has 0 heterocycles. The zero-order valence-corrected chi connectivity index (χ0v) is 21.1. The molecule has 3 aromatic rings. The minimum Gasteiger partial charge on any atom is -0.406 e. The van der Waals surface area contributed by atoms with Crippen molar-refractivity contribution in [2.24, 2.45) is 5.73 Å². The molecule has 3 aromatic carbocycles. The minimum atomic E-state index is -4.48. The van der Waals surface area contributed by atoms with Crippen molar-refractivity contribution in [1.29, 1.82) is 0 Å². The van der Waals surface area contributed by atoms with Crippen molar-refractivity contribution >= 4 is 24.4 Å². The summed E-state index contributed by atoms with van der Waals surface area (Å²) in [5, 5.41) is 5.03. The van der Waals surface area contributed by atoms with Crippen LogP contribution in [0.25, 0.3) is 0 Å². The Labute approximate surface area is 201 Å². The summed E-state index contributed by atoms with van der Waals surface area (Å²) in [6.07, 6.45) is -4.48. The molecule has 0 radical (unpaired) electrons. The van der Waals surface area contributed by atoms with Gasteiger partial charge >= 0.3 is 6.18 Å². The Hall–Kier alpha value is -2.61. The van der Waals surface area contributed by atoms with Crippen molar-refractivity contribution in [3.05, 3.63) is 90.0 Å². The maximum absolute atomic E-state index is 13.7. The third kappa shape index (κ3) is 5.37. The van der Waals surface area contributed by atoms with Gasteiger partial charge in [-0.3, -0.25) is 0 Å². The van der Waals surface area contributed by atoms with E-state index >= 15 is 0 Å². The molecule has 182 valence electrons. The molecule has 0 unspecified atom stereocenters. The quantitative estimate of drug-likeness (QED) is 0.317. The SMILES string of the molecule is C[C@@H](N)c1cccc(C(F)(F)F)c1NCCO[Si](c1ccccc1)(c1ccccc1)C(C)(C)C. The molecule has 3 rings (SSSR count). The first-order valence-electron chi connectivity index (χ1n) is 11.4. The summed E-state index contributed by atoms with van der Waals surface area (Å²) in [7, 11) is -2.76. The first kappa shape index (κ1) is 26.0. The van der Waals surface area contributed by atoms with Crippen LogP contribution in [0.4, 0.5) is 18.9 Å². The fraction of sp³-hybridized carbons (Fsp3) is 0.333. The number of alkyl halides is 3. The highest BCUT2D eigenvalue weighted by molar-refractivity contribution is 6.99. The second kappa shape index (κ2) is 10.3. The largest absolute Gasteiger partial charge is 0.418 e. The van der Waals surface area contributed by atoms with Crippen molar-refractivity contribution in [2.75, 3.05) is 18.5 Å². The fourth-order valence-corrected chi connectivity index (χ4v) is 9.09. The molecule has 0 aliphatic rings. The van der Waals surface area contributed by atoms with Crippen LogP contribution in [-0.2, 0) is 10.6 Å². The van der Waals surface area contributed by atoms with E-state index in [1.54, 1.807) is 13.0 Å². The second-order valence-electron chi connectivity index (χ2n) is 9.49. The molecule has 0 amide bonds. The molecule has 0 spiro atoms. The molecule has 0 saturated heterocycles. The van der Waals surface area contributed by atoms with E-state index in [4.69, 9.17) is 10.2 Å².